The maximum atomic E-state index is 12.0. The zero-order chi connectivity index (χ0) is 19.4. The molecule has 2 aromatic rings. The number of benzene rings is 2. The first-order chi connectivity index (χ1) is 13.0. The zero-order valence-corrected chi connectivity index (χ0v) is 15.9. The highest BCUT2D eigenvalue weighted by Crippen LogP contribution is 2.30. The lowest BCUT2D eigenvalue weighted by molar-refractivity contribution is -0.135. The molecule has 0 fully saturated rings. The van der Waals surface area contributed by atoms with E-state index in [9.17, 15) is 4.79 Å². The van der Waals surface area contributed by atoms with Crippen LogP contribution in [0.3, 0.4) is 0 Å². The van der Waals surface area contributed by atoms with Crippen LogP contribution in [-0.2, 0) is 9.53 Å². The second kappa shape index (κ2) is 8.14. The fraction of sp³-hybridized carbons (Fsp3) is 0.200. The van der Waals surface area contributed by atoms with Crippen LogP contribution in [0.4, 0.5) is 0 Å². The van der Waals surface area contributed by atoms with Crippen molar-refractivity contribution in [1.82, 2.24) is 5.01 Å². The lowest BCUT2D eigenvalue weighted by Crippen LogP contribution is -2.25. The maximum Gasteiger partial charge on any atom is 0.243 e. The second-order valence-corrected chi connectivity index (χ2v) is 6.20. The van der Waals surface area contributed by atoms with Gasteiger partial charge in [-0.25, -0.2) is 0 Å². The second-order valence-electron chi connectivity index (χ2n) is 5.76. The van der Waals surface area contributed by atoms with Crippen molar-refractivity contribution in [2.75, 3.05) is 14.2 Å². The van der Waals surface area contributed by atoms with E-state index in [0.717, 1.165) is 11.1 Å². The number of rotatable bonds is 5. The number of carbonyl (C=O) groups excluding carboxylic acids is 1. The first-order valence-electron chi connectivity index (χ1n) is 8.22. The third-order valence-electron chi connectivity index (χ3n) is 3.98. The van der Waals surface area contributed by atoms with Gasteiger partial charge in [-0.3, -0.25) is 4.79 Å². The van der Waals surface area contributed by atoms with Crippen molar-refractivity contribution in [3.8, 4) is 11.5 Å². The Hall–Kier alpha value is -2.99. The van der Waals surface area contributed by atoms with E-state index in [-0.39, 0.29) is 5.91 Å². The summed E-state index contributed by atoms with van der Waals surface area (Å²) in [7, 11) is 3.19. The van der Waals surface area contributed by atoms with Crippen LogP contribution in [0.5, 0.6) is 11.5 Å². The van der Waals surface area contributed by atoms with Gasteiger partial charge in [0.2, 0.25) is 18.0 Å². The summed E-state index contributed by atoms with van der Waals surface area (Å²) in [5, 5.41) is 6.17. The number of amides is 1. The summed E-state index contributed by atoms with van der Waals surface area (Å²) in [6, 6.07) is 12.6. The third kappa shape index (κ3) is 4.23. The molecule has 1 unspecified atom stereocenters. The molecule has 1 amide bonds. The molecule has 0 saturated carbocycles. The zero-order valence-electron chi connectivity index (χ0n) is 15.2. The normalized spacial score (nSPS) is 16.2. The summed E-state index contributed by atoms with van der Waals surface area (Å²) in [5.74, 6) is 1.48. The van der Waals surface area contributed by atoms with E-state index in [4.69, 9.17) is 25.8 Å². The lowest BCUT2D eigenvalue weighted by atomic mass is 10.1. The molecule has 3 rings (SSSR count). The number of methoxy groups -OCH3 is 2. The number of hydrogen-bond acceptors (Lipinski definition) is 5. The molecule has 0 N–H and O–H groups in total. The summed E-state index contributed by atoms with van der Waals surface area (Å²) >= 11 is 5.93. The number of ether oxygens (including phenoxy) is 3. The Morgan fingerprint density at radius 3 is 2.52 bits per heavy atom. The first-order valence-corrected chi connectivity index (χ1v) is 8.60. The molecule has 0 radical (unpaired) electrons. The van der Waals surface area contributed by atoms with Gasteiger partial charge >= 0.3 is 0 Å². The Bertz CT molecular complexity index is 893. The molecule has 2 aromatic carbocycles. The van der Waals surface area contributed by atoms with Crippen LogP contribution in [0.1, 0.15) is 24.3 Å². The van der Waals surface area contributed by atoms with Gasteiger partial charge < -0.3 is 14.2 Å². The molecule has 140 valence electrons. The Morgan fingerprint density at radius 2 is 1.89 bits per heavy atom. The molecular formula is C20H19ClN2O4. The van der Waals surface area contributed by atoms with E-state index in [2.05, 4.69) is 5.10 Å². The van der Waals surface area contributed by atoms with Gasteiger partial charge in [0.05, 0.1) is 14.2 Å². The average molecular weight is 387 g/mol. The minimum absolute atomic E-state index is 0.225. The number of hydrogen-bond donors (Lipinski definition) is 0. The van der Waals surface area contributed by atoms with Gasteiger partial charge in [0.25, 0.3) is 0 Å². The number of nitrogens with zero attached hydrogens (tertiary/aromatic N) is 2. The van der Waals surface area contributed by atoms with Crippen LogP contribution in [0.25, 0.3) is 6.08 Å². The van der Waals surface area contributed by atoms with Crippen LogP contribution in [0, 0.1) is 0 Å². The van der Waals surface area contributed by atoms with E-state index in [1.807, 2.05) is 18.2 Å². The van der Waals surface area contributed by atoms with Crippen molar-refractivity contribution in [1.29, 1.82) is 0 Å². The number of halogens is 1. The van der Waals surface area contributed by atoms with Crippen molar-refractivity contribution >= 4 is 29.5 Å². The smallest absolute Gasteiger partial charge is 0.243 e. The quantitative estimate of drug-likeness (QED) is 0.770. The molecule has 1 aliphatic rings. The summed E-state index contributed by atoms with van der Waals surface area (Å²) in [6.07, 6.45) is 2.85. The third-order valence-corrected chi connectivity index (χ3v) is 4.23. The van der Waals surface area contributed by atoms with Crippen molar-refractivity contribution in [2.45, 2.75) is 13.2 Å². The first kappa shape index (κ1) is 18.8. The average Bonchev–Trinajstić information content (AvgIpc) is 3.11. The molecule has 1 atom stereocenters. The molecule has 0 saturated heterocycles. The fourth-order valence-corrected chi connectivity index (χ4v) is 2.75. The summed E-state index contributed by atoms with van der Waals surface area (Å²) in [5.41, 5.74) is 1.58. The summed E-state index contributed by atoms with van der Waals surface area (Å²) in [4.78, 5) is 12.0. The molecule has 7 heteroatoms. The predicted molar refractivity (Wildman–Crippen MR) is 104 cm³/mol. The summed E-state index contributed by atoms with van der Waals surface area (Å²) in [6.45, 7) is 1.44. The van der Waals surface area contributed by atoms with Gasteiger partial charge in [0.1, 0.15) is 11.5 Å². The minimum atomic E-state index is -0.633. The molecule has 1 aliphatic heterocycles. The van der Waals surface area contributed by atoms with E-state index in [1.165, 1.54) is 11.9 Å². The molecule has 1 heterocycles. The van der Waals surface area contributed by atoms with Crippen LogP contribution in [0.15, 0.2) is 53.6 Å². The fourth-order valence-electron chi connectivity index (χ4n) is 2.62. The van der Waals surface area contributed by atoms with Gasteiger partial charge in [-0.1, -0.05) is 23.7 Å². The molecule has 0 aromatic heterocycles. The highest BCUT2D eigenvalue weighted by molar-refractivity contribution is 6.30. The minimum Gasteiger partial charge on any atom is -0.497 e. The highest BCUT2D eigenvalue weighted by atomic mass is 35.5. The van der Waals surface area contributed by atoms with Gasteiger partial charge in [-0.15, -0.1) is 5.10 Å². The largest absolute Gasteiger partial charge is 0.497 e. The lowest BCUT2D eigenvalue weighted by Gasteiger charge is -2.19. The highest BCUT2D eigenvalue weighted by Gasteiger charge is 2.31. The Morgan fingerprint density at radius 1 is 1.15 bits per heavy atom. The number of carbonyl (C=O) groups is 1. The maximum absolute atomic E-state index is 12.0. The molecule has 0 spiro atoms. The van der Waals surface area contributed by atoms with Crippen LogP contribution < -0.4 is 9.47 Å². The van der Waals surface area contributed by atoms with E-state index >= 15 is 0 Å². The summed E-state index contributed by atoms with van der Waals surface area (Å²) < 4.78 is 16.5. The SMILES string of the molecule is COc1ccc(OC)c(/C=C/C2=NN(C(C)=O)C(c3ccc(Cl)cc3)O2)c1. The van der Waals surface area contributed by atoms with Crippen molar-refractivity contribution in [2.24, 2.45) is 5.10 Å². The van der Waals surface area contributed by atoms with Crippen molar-refractivity contribution in [3.05, 3.63) is 64.7 Å². The van der Waals surface area contributed by atoms with Gasteiger partial charge in [-0.2, -0.15) is 5.01 Å². The molecule has 27 heavy (non-hydrogen) atoms. The van der Waals surface area contributed by atoms with Crippen molar-refractivity contribution < 1.29 is 19.0 Å². The van der Waals surface area contributed by atoms with E-state index in [1.54, 1.807) is 50.6 Å². The van der Waals surface area contributed by atoms with Crippen LogP contribution in [-0.4, -0.2) is 31.0 Å². The number of hydrazone groups is 1. The van der Waals surface area contributed by atoms with Crippen molar-refractivity contribution in [3.63, 3.8) is 0 Å². The molecular weight excluding hydrogens is 368 g/mol. The van der Waals surface area contributed by atoms with Crippen LogP contribution in [0.2, 0.25) is 5.02 Å². The van der Waals surface area contributed by atoms with Gasteiger partial charge in [0.15, 0.2) is 0 Å². The Kier molecular flexibility index (Phi) is 5.66. The molecule has 0 aliphatic carbocycles. The van der Waals surface area contributed by atoms with Gasteiger partial charge in [0, 0.05) is 29.1 Å². The van der Waals surface area contributed by atoms with E-state index < -0.39 is 6.23 Å². The van der Waals surface area contributed by atoms with Crippen LogP contribution >= 0.6 is 11.6 Å². The van der Waals surface area contributed by atoms with E-state index in [0.29, 0.717) is 22.4 Å². The molecule has 6 nitrogen and oxygen atoms in total. The predicted octanol–water partition coefficient (Wildman–Crippen LogP) is 4.26. The topological polar surface area (TPSA) is 60.4 Å². The Balaban J connectivity index is 1.85. The monoisotopic (exact) mass is 386 g/mol. The van der Waals surface area contributed by atoms with Gasteiger partial charge in [-0.05, 0) is 36.4 Å². The Labute approximate surface area is 162 Å². The molecule has 0 bridgehead atoms. The standard InChI is InChI=1S/C20H19ClN2O4/c1-13(24)23-20(14-4-7-16(21)8-5-14)27-19(22-23)11-6-15-12-17(25-2)9-10-18(15)26-3/h4-12,20H,1-3H3/b11-6+.